The molecule has 4 nitrogen and oxygen atoms in total. The predicted octanol–water partition coefficient (Wildman–Crippen LogP) is 3.82. The number of carbonyl (C=O) groups excluding carboxylic acids is 1. The number of aliphatic hydroxyl groups is 1. The van der Waals surface area contributed by atoms with E-state index in [1.807, 2.05) is 5.32 Å². The van der Waals surface area contributed by atoms with E-state index in [0.717, 1.165) is 19.1 Å². The fraction of sp³-hybridized carbons (Fsp3) is 0.267. The van der Waals surface area contributed by atoms with E-state index in [1.54, 1.807) is 0 Å². The number of phenols is 1. The first-order valence-corrected chi connectivity index (χ1v) is 6.69. The zero-order chi connectivity index (χ0) is 19.2. The predicted molar refractivity (Wildman–Crippen MR) is 75.9 cm³/mol. The molecule has 10 heteroatoms. The third-order valence-electron chi connectivity index (χ3n) is 3.55. The van der Waals surface area contributed by atoms with Gasteiger partial charge in [0.2, 0.25) is 5.91 Å². The van der Waals surface area contributed by atoms with E-state index >= 15 is 0 Å². The van der Waals surface area contributed by atoms with Gasteiger partial charge in [0, 0.05) is 23.3 Å². The molecule has 0 fully saturated rings. The minimum atomic E-state index is -6.11. The maximum atomic E-state index is 13.2. The van der Waals surface area contributed by atoms with Crippen LogP contribution in [0, 0.1) is 0 Å². The van der Waals surface area contributed by atoms with Crippen LogP contribution < -0.4 is 5.32 Å². The average molecular weight is 367 g/mol. The van der Waals surface area contributed by atoms with E-state index in [2.05, 4.69) is 0 Å². The summed E-state index contributed by atoms with van der Waals surface area (Å²) in [6.07, 6.45) is -12.2. The number of alkyl halides is 6. The summed E-state index contributed by atoms with van der Waals surface area (Å²) in [5.74, 6) is -1.37. The Balaban J connectivity index is 2.95. The van der Waals surface area contributed by atoms with E-state index in [-0.39, 0.29) is 10.8 Å². The Morgan fingerprint density at radius 2 is 1.52 bits per heavy atom. The van der Waals surface area contributed by atoms with E-state index in [9.17, 15) is 41.4 Å². The van der Waals surface area contributed by atoms with Gasteiger partial charge in [-0.25, -0.2) is 0 Å². The highest BCUT2D eigenvalue weighted by Gasteiger charge is 2.72. The molecule has 0 aliphatic heterocycles. The van der Waals surface area contributed by atoms with Gasteiger partial charge in [0.15, 0.2) is 0 Å². The number of amides is 1. The Hall–Kier alpha value is -2.49. The van der Waals surface area contributed by atoms with E-state index in [1.165, 1.54) is 12.1 Å². The number of hydrogen-bond donors (Lipinski definition) is 3. The molecule has 0 heterocycles. The van der Waals surface area contributed by atoms with Crippen LogP contribution in [0.1, 0.15) is 12.5 Å². The Bertz CT molecular complexity index is 814. The van der Waals surface area contributed by atoms with Gasteiger partial charge in [0.1, 0.15) is 5.75 Å². The molecule has 136 valence electrons. The molecule has 2 rings (SSSR count). The Morgan fingerprint density at radius 3 is 2.00 bits per heavy atom. The molecule has 0 atom stereocenters. The SMILES string of the molecule is CC(=O)Nc1c(C(O)(C(F)(F)F)C(F)(F)F)ccc2c(O)cccc12. The molecule has 2 aromatic rings. The standard InChI is InChI=1S/C15H11F6NO3/c1-7(23)22-12-9-3-2-4-11(24)8(9)5-6-10(12)13(25,14(16,17)18)15(19,20)21/h2-6,24-25H,1H3,(H,22,23). The second-order valence-electron chi connectivity index (χ2n) is 5.25. The van der Waals surface area contributed by atoms with Crippen molar-refractivity contribution in [3.63, 3.8) is 0 Å². The summed E-state index contributed by atoms with van der Waals surface area (Å²) >= 11 is 0. The molecule has 0 aliphatic carbocycles. The number of benzene rings is 2. The van der Waals surface area contributed by atoms with Crippen molar-refractivity contribution in [2.45, 2.75) is 24.9 Å². The van der Waals surface area contributed by atoms with Crippen molar-refractivity contribution in [1.29, 1.82) is 0 Å². The second-order valence-corrected chi connectivity index (χ2v) is 5.25. The first-order chi connectivity index (χ1) is 11.3. The van der Waals surface area contributed by atoms with Crippen LogP contribution in [-0.4, -0.2) is 28.5 Å². The van der Waals surface area contributed by atoms with Gasteiger partial charge in [0.05, 0.1) is 5.69 Å². The highest BCUT2D eigenvalue weighted by Crippen LogP contribution is 2.53. The molecule has 0 bridgehead atoms. The zero-order valence-electron chi connectivity index (χ0n) is 12.5. The van der Waals surface area contributed by atoms with Crippen LogP contribution in [0.25, 0.3) is 10.8 Å². The van der Waals surface area contributed by atoms with Crippen molar-refractivity contribution in [3.8, 4) is 5.75 Å². The summed E-state index contributed by atoms with van der Waals surface area (Å²) in [6.45, 7) is 0.881. The van der Waals surface area contributed by atoms with Crippen molar-refractivity contribution in [3.05, 3.63) is 35.9 Å². The molecule has 0 aromatic heterocycles. The number of phenolic OH excluding ortho intramolecular Hbond substituents is 1. The Labute approximate surface area is 136 Å². The maximum Gasteiger partial charge on any atom is 0.430 e. The van der Waals surface area contributed by atoms with E-state index < -0.39 is 40.9 Å². The minimum absolute atomic E-state index is 0.0956. The number of fused-ring (bicyclic) bond motifs is 1. The Kier molecular flexibility index (Phi) is 4.37. The van der Waals surface area contributed by atoms with Gasteiger partial charge in [-0.1, -0.05) is 24.3 Å². The van der Waals surface area contributed by atoms with Crippen LogP contribution in [0.2, 0.25) is 0 Å². The summed E-state index contributed by atoms with van der Waals surface area (Å²) in [5, 5.41) is 20.8. The summed E-state index contributed by atoms with van der Waals surface area (Å²) in [4.78, 5) is 11.3. The summed E-state index contributed by atoms with van der Waals surface area (Å²) in [6, 6.07) is 4.62. The number of aromatic hydroxyl groups is 1. The number of halogens is 6. The molecule has 25 heavy (non-hydrogen) atoms. The van der Waals surface area contributed by atoms with Gasteiger partial charge in [-0.05, 0) is 6.07 Å². The van der Waals surface area contributed by atoms with Crippen LogP contribution >= 0.6 is 0 Å². The van der Waals surface area contributed by atoms with Crippen molar-refractivity contribution in [1.82, 2.24) is 0 Å². The topological polar surface area (TPSA) is 69.6 Å². The molecular weight excluding hydrogens is 356 g/mol. The molecule has 0 spiro atoms. The van der Waals surface area contributed by atoms with Gasteiger partial charge in [-0.3, -0.25) is 4.79 Å². The van der Waals surface area contributed by atoms with Crippen LogP contribution in [-0.2, 0) is 10.4 Å². The highest BCUT2D eigenvalue weighted by atomic mass is 19.4. The van der Waals surface area contributed by atoms with E-state index in [0.29, 0.717) is 6.07 Å². The smallest absolute Gasteiger partial charge is 0.430 e. The lowest BCUT2D eigenvalue weighted by Gasteiger charge is -2.34. The lowest BCUT2D eigenvalue weighted by atomic mass is 9.88. The van der Waals surface area contributed by atoms with Crippen molar-refractivity contribution in [2.24, 2.45) is 0 Å². The summed E-state index contributed by atoms with van der Waals surface area (Å²) < 4.78 is 78.9. The summed E-state index contributed by atoms with van der Waals surface area (Å²) in [5.41, 5.74) is -7.70. The van der Waals surface area contributed by atoms with Crippen LogP contribution in [0.5, 0.6) is 5.75 Å². The monoisotopic (exact) mass is 367 g/mol. The van der Waals surface area contributed by atoms with Gasteiger partial charge >= 0.3 is 12.4 Å². The molecule has 0 unspecified atom stereocenters. The fourth-order valence-corrected chi connectivity index (χ4v) is 2.42. The van der Waals surface area contributed by atoms with Gasteiger partial charge < -0.3 is 15.5 Å². The molecule has 0 aliphatic rings. The van der Waals surface area contributed by atoms with Crippen molar-refractivity contribution >= 4 is 22.4 Å². The molecule has 3 N–H and O–H groups in total. The minimum Gasteiger partial charge on any atom is -0.507 e. The third kappa shape index (κ3) is 2.97. The molecule has 0 saturated heterocycles. The number of anilines is 1. The summed E-state index contributed by atoms with van der Waals surface area (Å²) in [7, 11) is 0. The number of hydrogen-bond acceptors (Lipinski definition) is 3. The first-order valence-electron chi connectivity index (χ1n) is 6.69. The molecular formula is C15H11F6NO3. The van der Waals surface area contributed by atoms with Crippen molar-refractivity contribution in [2.75, 3.05) is 5.32 Å². The van der Waals surface area contributed by atoms with E-state index in [4.69, 9.17) is 0 Å². The van der Waals surface area contributed by atoms with Crippen LogP contribution in [0.3, 0.4) is 0 Å². The van der Waals surface area contributed by atoms with Crippen LogP contribution in [0.4, 0.5) is 32.0 Å². The normalized spacial score (nSPS) is 13.1. The highest BCUT2D eigenvalue weighted by molar-refractivity contribution is 6.05. The molecule has 0 radical (unpaired) electrons. The lowest BCUT2D eigenvalue weighted by Crippen LogP contribution is -2.54. The average Bonchev–Trinajstić information content (AvgIpc) is 2.44. The quantitative estimate of drug-likeness (QED) is 0.707. The molecule has 1 amide bonds. The number of rotatable bonds is 2. The third-order valence-corrected chi connectivity index (χ3v) is 3.55. The lowest BCUT2D eigenvalue weighted by molar-refractivity contribution is -0.375. The van der Waals surface area contributed by atoms with Gasteiger partial charge in [0.25, 0.3) is 5.60 Å². The zero-order valence-corrected chi connectivity index (χ0v) is 12.5. The first kappa shape index (κ1) is 18.8. The number of nitrogens with one attached hydrogen (secondary N) is 1. The second kappa shape index (κ2) is 5.80. The maximum absolute atomic E-state index is 13.2. The van der Waals surface area contributed by atoms with Crippen LogP contribution in [0.15, 0.2) is 30.3 Å². The Morgan fingerprint density at radius 1 is 0.960 bits per heavy atom. The van der Waals surface area contributed by atoms with Gasteiger partial charge in [-0.2, -0.15) is 26.3 Å². The largest absolute Gasteiger partial charge is 0.507 e. The molecule has 0 saturated carbocycles. The van der Waals surface area contributed by atoms with Gasteiger partial charge in [-0.15, -0.1) is 0 Å². The fourth-order valence-electron chi connectivity index (χ4n) is 2.42. The molecule has 2 aromatic carbocycles. The number of carbonyl (C=O) groups is 1. The van der Waals surface area contributed by atoms with Crippen molar-refractivity contribution < 1.29 is 41.4 Å².